The summed E-state index contributed by atoms with van der Waals surface area (Å²) in [6.07, 6.45) is 3.49. The van der Waals surface area contributed by atoms with Crippen molar-refractivity contribution in [1.82, 2.24) is 4.98 Å². The highest BCUT2D eigenvalue weighted by Gasteiger charge is 2.10. The fourth-order valence-corrected chi connectivity index (χ4v) is 2.28. The first-order valence-electron chi connectivity index (χ1n) is 5.00. The number of rotatable bonds is 5. The highest BCUT2D eigenvalue weighted by molar-refractivity contribution is 7.16. The Balaban J connectivity index is 2.54. The molecule has 0 spiro atoms. The Morgan fingerprint density at radius 3 is 2.93 bits per heavy atom. The van der Waals surface area contributed by atoms with E-state index in [0.29, 0.717) is 16.1 Å². The maximum absolute atomic E-state index is 8.72. The van der Waals surface area contributed by atoms with E-state index in [9.17, 15) is 0 Å². The van der Waals surface area contributed by atoms with Crippen LogP contribution in [0.1, 0.15) is 38.0 Å². The lowest BCUT2D eigenvalue weighted by Gasteiger charge is -2.11. The Labute approximate surface area is 99.1 Å². The molecule has 0 amide bonds. The molecule has 5 heteroatoms. The lowest BCUT2D eigenvalue weighted by molar-refractivity contribution is 0.645. The molecule has 0 fully saturated rings. The molecule has 0 saturated carbocycles. The molecule has 3 nitrogen and oxygen atoms in total. The third kappa shape index (κ3) is 3.69. The molecule has 1 aromatic heterocycles. The van der Waals surface area contributed by atoms with Crippen molar-refractivity contribution >= 4 is 28.1 Å². The quantitative estimate of drug-likeness (QED) is 0.859. The van der Waals surface area contributed by atoms with Gasteiger partial charge < -0.3 is 5.32 Å². The summed E-state index contributed by atoms with van der Waals surface area (Å²) >= 11 is 7.08. The van der Waals surface area contributed by atoms with Gasteiger partial charge in [-0.05, 0) is 13.3 Å². The summed E-state index contributed by atoms with van der Waals surface area (Å²) in [4.78, 5) is 4.55. The number of halogens is 1. The highest BCUT2D eigenvalue weighted by atomic mass is 35.5. The third-order valence-corrected chi connectivity index (χ3v) is 3.32. The summed E-state index contributed by atoms with van der Waals surface area (Å²) in [6.45, 7) is 4.28. The summed E-state index contributed by atoms with van der Waals surface area (Å²) in [7, 11) is 0. The van der Waals surface area contributed by atoms with Crippen LogP contribution in [0.25, 0.3) is 0 Å². The van der Waals surface area contributed by atoms with Gasteiger partial charge in [-0.3, -0.25) is 0 Å². The Morgan fingerprint density at radius 2 is 2.40 bits per heavy atom. The molecule has 0 bridgehead atoms. The number of nitriles is 1. The molecule has 0 saturated heterocycles. The van der Waals surface area contributed by atoms with Gasteiger partial charge in [-0.2, -0.15) is 5.26 Å². The minimum Gasteiger partial charge on any atom is -0.359 e. The molecule has 0 aromatic carbocycles. The van der Waals surface area contributed by atoms with Gasteiger partial charge in [0.05, 0.1) is 0 Å². The lowest BCUT2D eigenvalue weighted by Crippen LogP contribution is -2.14. The zero-order chi connectivity index (χ0) is 11.3. The number of anilines is 1. The predicted molar refractivity (Wildman–Crippen MR) is 64.4 cm³/mol. The second-order valence-corrected chi connectivity index (χ2v) is 4.80. The van der Waals surface area contributed by atoms with E-state index in [1.54, 1.807) is 0 Å². The topological polar surface area (TPSA) is 48.7 Å². The fourth-order valence-electron chi connectivity index (χ4n) is 1.23. The number of hydrogen-bond acceptors (Lipinski definition) is 4. The number of unbranched alkanes of at least 4 members (excludes halogenated alkanes) is 1. The summed E-state index contributed by atoms with van der Waals surface area (Å²) in [5, 5.41) is 13.0. The van der Waals surface area contributed by atoms with Crippen LogP contribution < -0.4 is 5.32 Å². The maximum atomic E-state index is 8.72. The predicted octanol–water partition coefficient (Wildman–Crippen LogP) is 3.66. The van der Waals surface area contributed by atoms with Crippen molar-refractivity contribution in [3.05, 3.63) is 10.0 Å². The van der Waals surface area contributed by atoms with Crippen LogP contribution in [-0.2, 0) is 0 Å². The van der Waals surface area contributed by atoms with E-state index in [1.807, 2.05) is 6.07 Å². The van der Waals surface area contributed by atoms with Crippen molar-refractivity contribution < 1.29 is 0 Å². The minimum absolute atomic E-state index is 0.299. The van der Waals surface area contributed by atoms with Crippen molar-refractivity contribution in [3.8, 4) is 6.07 Å². The van der Waals surface area contributed by atoms with E-state index in [1.165, 1.54) is 24.2 Å². The molecule has 82 valence electrons. The molecule has 1 atom stereocenters. The standard InChI is InChI=1S/C10H14ClN3S/c1-3-4-5-7(2)13-10-14-9(11)8(6-12)15-10/h7H,3-5H2,1-2H3,(H,13,14). The Bertz CT molecular complexity index is 356. The molecule has 1 N–H and O–H groups in total. The Hall–Kier alpha value is -0.790. The van der Waals surface area contributed by atoms with Crippen LogP contribution >= 0.6 is 22.9 Å². The largest absolute Gasteiger partial charge is 0.359 e. The van der Waals surface area contributed by atoms with Gasteiger partial charge in [0.25, 0.3) is 0 Å². The number of nitrogens with one attached hydrogen (secondary N) is 1. The SMILES string of the molecule is CCCCC(C)Nc1nc(Cl)c(C#N)s1. The van der Waals surface area contributed by atoms with Gasteiger partial charge in [0, 0.05) is 6.04 Å². The van der Waals surface area contributed by atoms with Gasteiger partial charge in [0.1, 0.15) is 10.9 Å². The van der Waals surface area contributed by atoms with Crippen molar-refractivity contribution in [2.75, 3.05) is 5.32 Å². The molecule has 0 aliphatic heterocycles. The zero-order valence-corrected chi connectivity index (χ0v) is 10.5. The molecule has 1 rings (SSSR count). The number of aromatic nitrogens is 1. The van der Waals surface area contributed by atoms with Gasteiger partial charge in [-0.25, -0.2) is 4.98 Å². The summed E-state index contributed by atoms with van der Waals surface area (Å²) in [5.41, 5.74) is 0. The number of thiazole rings is 1. The van der Waals surface area contributed by atoms with E-state index in [0.717, 1.165) is 11.6 Å². The van der Waals surface area contributed by atoms with Crippen LogP contribution in [0.15, 0.2) is 0 Å². The van der Waals surface area contributed by atoms with Crippen molar-refractivity contribution in [3.63, 3.8) is 0 Å². The van der Waals surface area contributed by atoms with Gasteiger partial charge >= 0.3 is 0 Å². The lowest BCUT2D eigenvalue weighted by atomic mass is 10.1. The van der Waals surface area contributed by atoms with Gasteiger partial charge in [-0.1, -0.05) is 42.7 Å². The molecular formula is C10H14ClN3S. The van der Waals surface area contributed by atoms with Crippen LogP contribution in [0.5, 0.6) is 0 Å². The van der Waals surface area contributed by atoms with E-state index in [4.69, 9.17) is 16.9 Å². The zero-order valence-electron chi connectivity index (χ0n) is 8.88. The fraction of sp³-hybridized carbons (Fsp3) is 0.600. The van der Waals surface area contributed by atoms with E-state index in [-0.39, 0.29) is 0 Å². The van der Waals surface area contributed by atoms with Gasteiger partial charge in [0.15, 0.2) is 10.3 Å². The monoisotopic (exact) mass is 243 g/mol. The minimum atomic E-state index is 0.299. The van der Waals surface area contributed by atoms with Crippen LogP contribution in [-0.4, -0.2) is 11.0 Å². The van der Waals surface area contributed by atoms with Crippen molar-refractivity contribution in [1.29, 1.82) is 5.26 Å². The summed E-state index contributed by atoms with van der Waals surface area (Å²) in [5.74, 6) is 0. The highest BCUT2D eigenvalue weighted by Crippen LogP contribution is 2.26. The third-order valence-electron chi connectivity index (χ3n) is 2.05. The van der Waals surface area contributed by atoms with E-state index < -0.39 is 0 Å². The summed E-state index contributed by atoms with van der Waals surface area (Å²) in [6, 6.07) is 2.39. The van der Waals surface area contributed by atoms with E-state index in [2.05, 4.69) is 24.1 Å². The first kappa shape index (κ1) is 12.3. The van der Waals surface area contributed by atoms with Crippen molar-refractivity contribution in [2.45, 2.75) is 39.2 Å². The molecule has 1 unspecified atom stereocenters. The first-order valence-corrected chi connectivity index (χ1v) is 6.19. The van der Waals surface area contributed by atoms with Crippen LogP contribution in [0.3, 0.4) is 0 Å². The second-order valence-electron chi connectivity index (χ2n) is 3.44. The van der Waals surface area contributed by atoms with Crippen LogP contribution in [0, 0.1) is 11.3 Å². The van der Waals surface area contributed by atoms with Gasteiger partial charge in [0.2, 0.25) is 0 Å². The van der Waals surface area contributed by atoms with E-state index >= 15 is 0 Å². The van der Waals surface area contributed by atoms with Crippen LogP contribution in [0.2, 0.25) is 5.15 Å². The average molecular weight is 244 g/mol. The average Bonchev–Trinajstić information content (AvgIpc) is 2.55. The number of hydrogen-bond donors (Lipinski definition) is 1. The summed E-state index contributed by atoms with van der Waals surface area (Å²) < 4.78 is 0. The number of nitrogens with zero attached hydrogens (tertiary/aromatic N) is 2. The van der Waals surface area contributed by atoms with Gasteiger partial charge in [-0.15, -0.1) is 0 Å². The molecule has 0 aliphatic rings. The molecule has 1 aromatic rings. The normalized spacial score (nSPS) is 12.1. The Kier molecular flexibility index (Phi) is 4.86. The Morgan fingerprint density at radius 1 is 1.67 bits per heavy atom. The smallest absolute Gasteiger partial charge is 0.185 e. The maximum Gasteiger partial charge on any atom is 0.185 e. The molecule has 0 aliphatic carbocycles. The first-order chi connectivity index (χ1) is 7.17. The molecule has 15 heavy (non-hydrogen) atoms. The molecular weight excluding hydrogens is 230 g/mol. The second kappa shape index (κ2) is 5.94. The molecule has 0 radical (unpaired) electrons. The molecule has 1 heterocycles. The van der Waals surface area contributed by atoms with Crippen LogP contribution in [0.4, 0.5) is 5.13 Å². The van der Waals surface area contributed by atoms with Crippen molar-refractivity contribution in [2.24, 2.45) is 0 Å².